The zero-order valence-corrected chi connectivity index (χ0v) is 19.1. The number of hydrogen-bond acceptors (Lipinski definition) is 6. The topological polar surface area (TPSA) is 91.7 Å². The van der Waals surface area contributed by atoms with Crippen LogP contribution in [0.3, 0.4) is 0 Å². The van der Waals surface area contributed by atoms with E-state index in [9.17, 15) is 9.59 Å². The van der Waals surface area contributed by atoms with Crippen LogP contribution in [0.5, 0.6) is 17.4 Å². The minimum atomic E-state index is -0.304. The molecule has 8 heteroatoms. The van der Waals surface area contributed by atoms with Crippen molar-refractivity contribution in [3.63, 3.8) is 0 Å². The van der Waals surface area contributed by atoms with Crippen molar-refractivity contribution in [2.24, 2.45) is 0 Å². The number of nitrogens with one attached hydrogen (secondary N) is 1. The van der Waals surface area contributed by atoms with E-state index in [0.29, 0.717) is 54.1 Å². The molecule has 2 heterocycles. The first-order valence-corrected chi connectivity index (χ1v) is 11.2. The van der Waals surface area contributed by atoms with Gasteiger partial charge in [0.05, 0.1) is 5.69 Å². The van der Waals surface area contributed by atoms with Gasteiger partial charge in [-0.3, -0.25) is 9.59 Å². The van der Waals surface area contributed by atoms with E-state index in [1.807, 2.05) is 31.2 Å². The van der Waals surface area contributed by atoms with Gasteiger partial charge in [-0.05, 0) is 48.9 Å². The second kappa shape index (κ2) is 9.72. The molecular formula is C27H23N3O5. The monoisotopic (exact) mass is 469 g/mol. The van der Waals surface area contributed by atoms with Crippen molar-refractivity contribution in [2.75, 3.05) is 18.5 Å². The number of carbonyl (C=O) groups excluding carboxylic acids is 1. The van der Waals surface area contributed by atoms with Gasteiger partial charge in [0.15, 0.2) is 11.5 Å². The zero-order valence-electron chi connectivity index (χ0n) is 19.1. The molecule has 0 spiro atoms. The van der Waals surface area contributed by atoms with Crippen LogP contribution in [0.2, 0.25) is 0 Å². The number of fused-ring (bicyclic) bond motifs is 1. The van der Waals surface area contributed by atoms with Crippen LogP contribution >= 0.6 is 0 Å². The summed E-state index contributed by atoms with van der Waals surface area (Å²) in [4.78, 5) is 25.1. The van der Waals surface area contributed by atoms with Crippen LogP contribution in [0.15, 0.2) is 83.7 Å². The Morgan fingerprint density at radius 2 is 1.77 bits per heavy atom. The molecular weight excluding hydrogens is 446 g/mol. The molecule has 1 aliphatic rings. The second-order valence-corrected chi connectivity index (χ2v) is 8.06. The molecule has 0 aliphatic carbocycles. The van der Waals surface area contributed by atoms with Crippen LogP contribution < -0.4 is 25.1 Å². The summed E-state index contributed by atoms with van der Waals surface area (Å²) in [5, 5.41) is 7.16. The van der Waals surface area contributed by atoms with Gasteiger partial charge in [0.25, 0.3) is 11.5 Å². The van der Waals surface area contributed by atoms with E-state index in [4.69, 9.17) is 14.2 Å². The van der Waals surface area contributed by atoms with E-state index in [1.54, 1.807) is 48.5 Å². The number of nitrogens with zero attached hydrogens (tertiary/aromatic N) is 2. The van der Waals surface area contributed by atoms with Gasteiger partial charge in [0.2, 0.25) is 5.88 Å². The Bertz CT molecular complexity index is 1430. The van der Waals surface area contributed by atoms with Crippen LogP contribution in [-0.2, 0) is 6.61 Å². The molecule has 0 unspecified atom stereocenters. The number of benzene rings is 3. The predicted molar refractivity (Wildman–Crippen MR) is 131 cm³/mol. The van der Waals surface area contributed by atoms with Crippen LogP contribution in [0.4, 0.5) is 5.69 Å². The summed E-state index contributed by atoms with van der Waals surface area (Å²) in [5.41, 5.74) is 3.40. The molecule has 35 heavy (non-hydrogen) atoms. The molecule has 0 bridgehead atoms. The molecule has 4 aromatic rings. The van der Waals surface area contributed by atoms with E-state index in [2.05, 4.69) is 10.4 Å². The minimum Gasteiger partial charge on any atom is -0.486 e. The maximum absolute atomic E-state index is 12.7. The number of amides is 1. The van der Waals surface area contributed by atoms with Gasteiger partial charge >= 0.3 is 0 Å². The molecule has 0 radical (unpaired) electrons. The molecule has 0 saturated carbocycles. The lowest BCUT2D eigenvalue weighted by atomic mass is 10.1. The zero-order chi connectivity index (χ0) is 24.2. The van der Waals surface area contributed by atoms with Crippen molar-refractivity contribution >= 4 is 11.6 Å². The summed E-state index contributed by atoms with van der Waals surface area (Å²) in [7, 11) is 0. The average molecular weight is 469 g/mol. The fourth-order valence-electron chi connectivity index (χ4n) is 3.69. The standard InChI is InChI=1S/C27H23N3O5/c1-18-3-2-4-19(15-18)17-35-25-11-12-26(31)30(29-25)22-8-5-20(6-9-22)27(32)28-21-7-10-23-24(16-21)34-14-13-33-23/h2-12,15-16H,13-14,17H2,1H3,(H,28,32). The number of ether oxygens (including phenoxy) is 3. The lowest BCUT2D eigenvalue weighted by molar-refractivity contribution is 0.102. The summed E-state index contributed by atoms with van der Waals surface area (Å²) in [6, 6.07) is 22.8. The Labute approximate surface area is 201 Å². The highest BCUT2D eigenvalue weighted by Gasteiger charge is 2.14. The molecule has 0 atom stereocenters. The van der Waals surface area contributed by atoms with Crippen molar-refractivity contribution in [1.82, 2.24) is 9.78 Å². The van der Waals surface area contributed by atoms with Gasteiger partial charge in [-0.15, -0.1) is 5.10 Å². The molecule has 8 nitrogen and oxygen atoms in total. The summed E-state index contributed by atoms with van der Waals surface area (Å²) >= 11 is 0. The SMILES string of the molecule is Cc1cccc(COc2ccc(=O)n(-c3ccc(C(=O)Nc4ccc5c(c4)OCCO5)cc3)n2)c1. The molecule has 1 amide bonds. The molecule has 5 rings (SSSR count). The number of aryl methyl sites for hydroxylation is 1. The van der Waals surface area contributed by atoms with Crippen LogP contribution in [0.1, 0.15) is 21.5 Å². The van der Waals surface area contributed by atoms with Crippen LogP contribution in [-0.4, -0.2) is 28.9 Å². The molecule has 176 valence electrons. The molecule has 3 aromatic carbocycles. The van der Waals surface area contributed by atoms with Crippen molar-refractivity contribution in [3.8, 4) is 23.1 Å². The molecule has 0 saturated heterocycles. The van der Waals surface area contributed by atoms with Crippen LogP contribution in [0.25, 0.3) is 5.69 Å². The lowest BCUT2D eigenvalue weighted by Crippen LogP contribution is -2.21. The normalized spacial score (nSPS) is 12.1. The van der Waals surface area contributed by atoms with Crippen molar-refractivity contribution in [2.45, 2.75) is 13.5 Å². The van der Waals surface area contributed by atoms with E-state index in [0.717, 1.165) is 11.1 Å². The maximum Gasteiger partial charge on any atom is 0.271 e. The van der Waals surface area contributed by atoms with Gasteiger partial charge in [0.1, 0.15) is 19.8 Å². The predicted octanol–water partition coefficient (Wildman–Crippen LogP) is 4.14. The number of carbonyl (C=O) groups is 1. The van der Waals surface area contributed by atoms with E-state index >= 15 is 0 Å². The summed E-state index contributed by atoms with van der Waals surface area (Å²) in [6.07, 6.45) is 0. The fraction of sp³-hybridized carbons (Fsp3) is 0.148. The van der Waals surface area contributed by atoms with E-state index < -0.39 is 0 Å². The maximum atomic E-state index is 12.7. The highest BCUT2D eigenvalue weighted by Crippen LogP contribution is 2.32. The Morgan fingerprint density at radius 1 is 0.971 bits per heavy atom. The Kier molecular flexibility index (Phi) is 6.17. The van der Waals surface area contributed by atoms with Gasteiger partial charge in [-0.2, -0.15) is 4.68 Å². The van der Waals surface area contributed by atoms with Gasteiger partial charge in [-0.25, -0.2) is 0 Å². The largest absolute Gasteiger partial charge is 0.486 e. The Balaban J connectivity index is 1.28. The summed E-state index contributed by atoms with van der Waals surface area (Å²) in [5.74, 6) is 1.29. The minimum absolute atomic E-state index is 0.288. The summed E-state index contributed by atoms with van der Waals surface area (Å²) < 4.78 is 18.1. The van der Waals surface area contributed by atoms with Gasteiger partial charge in [0, 0.05) is 29.4 Å². The highest BCUT2D eigenvalue weighted by molar-refractivity contribution is 6.04. The van der Waals surface area contributed by atoms with Crippen LogP contribution in [0, 0.1) is 6.92 Å². The Hall–Kier alpha value is -4.59. The van der Waals surface area contributed by atoms with Crippen molar-refractivity contribution < 1.29 is 19.0 Å². The number of anilines is 1. The average Bonchev–Trinajstić information content (AvgIpc) is 2.88. The van der Waals surface area contributed by atoms with Gasteiger partial charge < -0.3 is 19.5 Å². The first kappa shape index (κ1) is 22.2. The molecule has 0 fully saturated rings. The second-order valence-electron chi connectivity index (χ2n) is 8.06. The van der Waals surface area contributed by atoms with E-state index in [-0.39, 0.29) is 11.5 Å². The number of hydrogen-bond donors (Lipinski definition) is 1. The molecule has 1 N–H and O–H groups in total. The molecule has 1 aromatic heterocycles. The summed E-state index contributed by atoms with van der Waals surface area (Å²) in [6.45, 7) is 3.33. The highest BCUT2D eigenvalue weighted by atomic mass is 16.6. The smallest absolute Gasteiger partial charge is 0.271 e. The van der Waals surface area contributed by atoms with Gasteiger partial charge in [-0.1, -0.05) is 29.8 Å². The first-order valence-electron chi connectivity index (χ1n) is 11.2. The van der Waals surface area contributed by atoms with E-state index in [1.165, 1.54) is 10.7 Å². The molecule has 1 aliphatic heterocycles. The van der Waals surface area contributed by atoms with Crippen molar-refractivity contribution in [3.05, 3.63) is 106 Å². The number of aromatic nitrogens is 2. The van der Waals surface area contributed by atoms with Crippen molar-refractivity contribution in [1.29, 1.82) is 0 Å². The quantitative estimate of drug-likeness (QED) is 0.456. The Morgan fingerprint density at radius 3 is 2.57 bits per heavy atom. The third-order valence-corrected chi connectivity index (χ3v) is 5.42. The lowest BCUT2D eigenvalue weighted by Gasteiger charge is -2.19. The third-order valence-electron chi connectivity index (χ3n) is 5.42. The fourth-order valence-corrected chi connectivity index (χ4v) is 3.69. The third kappa shape index (κ3) is 5.16. The first-order chi connectivity index (χ1) is 17.0. The number of rotatable bonds is 6.